The molecule has 4 rings (SSSR count). The van der Waals surface area contributed by atoms with Crippen LogP contribution in [0.2, 0.25) is 0 Å². The van der Waals surface area contributed by atoms with Gasteiger partial charge in [-0.3, -0.25) is 15.1 Å². The van der Waals surface area contributed by atoms with Gasteiger partial charge in [-0.15, -0.1) is 11.3 Å². The number of piperazine rings is 1. The van der Waals surface area contributed by atoms with Crippen molar-refractivity contribution in [2.45, 2.75) is 6.92 Å². The summed E-state index contributed by atoms with van der Waals surface area (Å²) in [5.74, 6) is 0.00564. The Labute approximate surface area is 173 Å². The van der Waals surface area contributed by atoms with E-state index in [0.29, 0.717) is 36.9 Å². The van der Waals surface area contributed by atoms with Gasteiger partial charge < -0.3 is 9.80 Å². The van der Waals surface area contributed by atoms with E-state index in [4.69, 9.17) is 0 Å². The van der Waals surface area contributed by atoms with Gasteiger partial charge in [-0.2, -0.15) is 0 Å². The van der Waals surface area contributed by atoms with Crippen LogP contribution in [0.3, 0.4) is 0 Å². The molecule has 0 bridgehead atoms. The predicted molar refractivity (Wildman–Crippen MR) is 113 cm³/mol. The van der Waals surface area contributed by atoms with Crippen molar-refractivity contribution in [3.8, 4) is 11.3 Å². The standard InChI is InChI=1S/C21H21N5O2S/c1-15-4-6-16(7-5-15)19(27)25-9-11-26(12-10-25)21(28)24-20-23-18(14-29-20)17-3-2-8-22-13-17/h2-8,13-14H,9-12H2,1H3,(H,23,24,28). The van der Waals surface area contributed by atoms with Crippen LogP contribution < -0.4 is 5.32 Å². The zero-order valence-corrected chi connectivity index (χ0v) is 16.9. The first-order valence-electron chi connectivity index (χ1n) is 9.38. The van der Waals surface area contributed by atoms with Gasteiger partial charge in [-0.1, -0.05) is 17.7 Å². The highest BCUT2D eigenvalue weighted by molar-refractivity contribution is 7.14. The summed E-state index contributed by atoms with van der Waals surface area (Å²) in [6.45, 7) is 4.00. The molecule has 7 nitrogen and oxygen atoms in total. The van der Waals surface area contributed by atoms with Crippen molar-refractivity contribution in [1.29, 1.82) is 0 Å². The number of hydrogen-bond acceptors (Lipinski definition) is 5. The number of pyridine rings is 1. The first-order valence-corrected chi connectivity index (χ1v) is 10.3. The number of benzene rings is 1. The maximum Gasteiger partial charge on any atom is 0.323 e. The van der Waals surface area contributed by atoms with Crippen molar-refractivity contribution in [2.75, 3.05) is 31.5 Å². The lowest BCUT2D eigenvalue weighted by atomic mass is 10.1. The van der Waals surface area contributed by atoms with E-state index in [2.05, 4.69) is 15.3 Å². The Morgan fingerprint density at radius 1 is 1.03 bits per heavy atom. The summed E-state index contributed by atoms with van der Waals surface area (Å²) in [7, 11) is 0. The first-order chi connectivity index (χ1) is 14.1. The van der Waals surface area contributed by atoms with E-state index in [0.717, 1.165) is 16.8 Å². The van der Waals surface area contributed by atoms with E-state index >= 15 is 0 Å². The number of carbonyl (C=O) groups is 2. The Kier molecular flexibility index (Phi) is 5.53. The van der Waals surface area contributed by atoms with Crippen LogP contribution in [0, 0.1) is 6.92 Å². The van der Waals surface area contributed by atoms with Crippen molar-refractivity contribution < 1.29 is 9.59 Å². The number of thiazole rings is 1. The largest absolute Gasteiger partial charge is 0.335 e. The lowest BCUT2D eigenvalue weighted by Gasteiger charge is -2.34. The number of carbonyl (C=O) groups excluding carboxylic acids is 2. The molecular formula is C21H21N5O2S. The molecule has 1 aliphatic rings. The number of aryl methyl sites for hydroxylation is 1. The molecule has 8 heteroatoms. The number of anilines is 1. The van der Waals surface area contributed by atoms with Gasteiger partial charge in [0.1, 0.15) is 0 Å². The van der Waals surface area contributed by atoms with E-state index in [1.54, 1.807) is 22.2 Å². The van der Waals surface area contributed by atoms with Gasteiger partial charge in [0, 0.05) is 55.1 Å². The zero-order chi connectivity index (χ0) is 20.2. The van der Waals surface area contributed by atoms with Gasteiger partial charge in [-0.25, -0.2) is 9.78 Å². The molecule has 29 heavy (non-hydrogen) atoms. The number of nitrogens with one attached hydrogen (secondary N) is 1. The average Bonchev–Trinajstić information content (AvgIpc) is 3.23. The number of hydrogen-bond donors (Lipinski definition) is 1. The molecule has 0 saturated carbocycles. The maximum absolute atomic E-state index is 12.6. The molecule has 0 atom stereocenters. The van der Waals surface area contributed by atoms with Crippen LogP contribution in [0.25, 0.3) is 11.3 Å². The monoisotopic (exact) mass is 407 g/mol. The molecule has 0 unspecified atom stereocenters. The Hall–Kier alpha value is -3.26. The van der Waals surface area contributed by atoms with Gasteiger partial charge in [0.05, 0.1) is 5.69 Å². The molecule has 3 amide bonds. The van der Waals surface area contributed by atoms with Crippen LogP contribution in [0.4, 0.5) is 9.93 Å². The highest BCUT2D eigenvalue weighted by Crippen LogP contribution is 2.24. The van der Waals surface area contributed by atoms with Gasteiger partial charge >= 0.3 is 6.03 Å². The fourth-order valence-corrected chi connectivity index (χ4v) is 3.85. The third kappa shape index (κ3) is 4.43. The Bertz CT molecular complexity index is 995. The quantitative estimate of drug-likeness (QED) is 0.721. The van der Waals surface area contributed by atoms with Crippen LogP contribution in [0.15, 0.2) is 54.2 Å². The minimum atomic E-state index is -0.195. The number of rotatable bonds is 3. The van der Waals surface area contributed by atoms with Crippen molar-refractivity contribution in [1.82, 2.24) is 19.8 Å². The lowest BCUT2D eigenvalue weighted by molar-refractivity contribution is 0.0671. The molecule has 2 aromatic heterocycles. The minimum absolute atomic E-state index is 0.00564. The van der Waals surface area contributed by atoms with E-state index in [1.165, 1.54) is 11.3 Å². The summed E-state index contributed by atoms with van der Waals surface area (Å²) >= 11 is 1.38. The average molecular weight is 407 g/mol. The third-order valence-electron chi connectivity index (χ3n) is 4.83. The van der Waals surface area contributed by atoms with Gasteiger partial charge in [0.2, 0.25) is 0 Å². The molecule has 1 N–H and O–H groups in total. The topological polar surface area (TPSA) is 78.4 Å². The van der Waals surface area contributed by atoms with E-state index in [1.807, 2.05) is 48.7 Å². The summed E-state index contributed by atoms with van der Waals surface area (Å²) in [4.78, 5) is 37.2. The number of nitrogens with zero attached hydrogens (tertiary/aromatic N) is 4. The van der Waals surface area contributed by atoms with Crippen LogP contribution in [0.1, 0.15) is 15.9 Å². The Morgan fingerprint density at radius 3 is 2.45 bits per heavy atom. The third-order valence-corrected chi connectivity index (χ3v) is 5.59. The summed E-state index contributed by atoms with van der Waals surface area (Å²) in [6.07, 6.45) is 3.45. The van der Waals surface area contributed by atoms with E-state index < -0.39 is 0 Å². The molecule has 148 valence electrons. The fraction of sp³-hybridized carbons (Fsp3) is 0.238. The molecule has 1 fully saturated rings. The minimum Gasteiger partial charge on any atom is -0.335 e. The predicted octanol–water partition coefficient (Wildman–Crippen LogP) is 3.50. The maximum atomic E-state index is 12.6. The van der Waals surface area contributed by atoms with Gasteiger partial charge in [-0.05, 0) is 31.2 Å². The SMILES string of the molecule is Cc1ccc(C(=O)N2CCN(C(=O)Nc3nc(-c4cccnc4)cs3)CC2)cc1. The molecule has 0 spiro atoms. The van der Waals surface area contributed by atoms with Crippen LogP contribution >= 0.6 is 11.3 Å². The highest BCUT2D eigenvalue weighted by Gasteiger charge is 2.25. The smallest absolute Gasteiger partial charge is 0.323 e. The van der Waals surface area contributed by atoms with Crippen molar-refractivity contribution in [3.63, 3.8) is 0 Å². The van der Waals surface area contributed by atoms with E-state index in [-0.39, 0.29) is 11.9 Å². The second-order valence-corrected chi connectivity index (χ2v) is 7.71. The molecule has 1 aliphatic heterocycles. The van der Waals surface area contributed by atoms with Crippen LogP contribution in [-0.4, -0.2) is 57.9 Å². The second-order valence-electron chi connectivity index (χ2n) is 6.86. The lowest BCUT2D eigenvalue weighted by Crippen LogP contribution is -2.51. The van der Waals surface area contributed by atoms with Gasteiger partial charge in [0.15, 0.2) is 5.13 Å². The summed E-state index contributed by atoms with van der Waals surface area (Å²) < 4.78 is 0. The highest BCUT2D eigenvalue weighted by atomic mass is 32.1. The van der Waals surface area contributed by atoms with Crippen molar-refractivity contribution >= 4 is 28.4 Å². The number of amides is 3. The summed E-state index contributed by atoms with van der Waals surface area (Å²) in [6, 6.07) is 11.1. The fourth-order valence-electron chi connectivity index (χ4n) is 3.14. The Morgan fingerprint density at radius 2 is 1.76 bits per heavy atom. The molecular weight excluding hydrogens is 386 g/mol. The zero-order valence-electron chi connectivity index (χ0n) is 16.0. The second kappa shape index (κ2) is 8.40. The van der Waals surface area contributed by atoms with Gasteiger partial charge in [0.25, 0.3) is 5.91 Å². The molecule has 1 aromatic carbocycles. The van der Waals surface area contributed by atoms with Crippen molar-refractivity contribution in [2.24, 2.45) is 0 Å². The molecule has 1 saturated heterocycles. The van der Waals surface area contributed by atoms with Crippen LogP contribution in [0.5, 0.6) is 0 Å². The van der Waals surface area contributed by atoms with E-state index in [9.17, 15) is 9.59 Å². The number of urea groups is 1. The molecule has 3 aromatic rings. The summed E-state index contributed by atoms with van der Waals surface area (Å²) in [5, 5.41) is 5.30. The normalized spacial score (nSPS) is 14.0. The number of aromatic nitrogens is 2. The summed E-state index contributed by atoms with van der Waals surface area (Å²) in [5.41, 5.74) is 3.50. The first kappa shape index (κ1) is 19.1. The molecule has 0 radical (unpaired) electrons. The molecule has 0 aliphatic carbocycles. The van der Waals surface area contributed by atoms with Crippen molar-refractivity contribution in [3.05, 3.63) is 65.3 Å². The molecule has 3 heterocycles. The van der Waals surface area contributed by atoms with Crippen LogP contribution in [-0.2, 0) is 0 Å². The Balaban J connectivity index is 1.32.